The summed E-state index contributed by atoms with van der Waals surface area (Å²) in [7, 11) is 1.45. The molecule has 0 saturated heterocycles. The van der Waals surface area contributed by atoms with Crippen LogP contribution in [0.3, 0.4) is 0 Å². The second-order valence-corrected chi connectivity index (χ2v) is 5.37. The van der Waals surface area contributed by atoms with E-state index in [1.807, 2.05) is 24.3 Å². The molecule has 4 heteroatoms. The minimum atomic E-state index is -0.0895. The fourth-order valence-electron chi connectivity index (χ4n) is 2.47. The van der Waals surface area contributed by atoms with Crippen LogP contribution in [-0.4, -0.2) is 19.2 Å². The van der Waals surface area contributed by atoms with Crippen molar-refractivity contribution in [2.24, 2.45) is 5.92 Å². The minimum Gasteiger partial charge on any atom is -0.469 e. The number of hydrogen-bond acceptors (Lipinski definition) is 3. The Kier molecular flexibility index (Phi) is 5.23. The number of ether oxygens (including phenoxy) is 2. The molecule has 3 nitrogen and oxygen atoms in total. The highest BCUT2D eigenvalue weighted by molar-refractivity contribution is 6.30. The summed E-state index contributed by atoms with van der Waals surface area (Å²) >= 11 is 5.93. The lowest BCUT2D eigenvalue weighted by Gasteiger charge is -2.27. The number of carbonyl (C=O) groups is 1. The van der Waals surface area contributed by atoms with E-state index in [-0.39, 0.29) is 18.0 Å². The topological polar surface area (TPSA) is 35.5 Å². The van der Waals surface area contributed by atoms with Gasteiger partial charge in [0, 0.05) is 5.02 Å². The third kappa shape index (κ3) is 4.22. The van der Waals surface area contributed by atoms with Gasteiger partial charge in [0.25, 0.3) is 0 Å². The molecule has 0 unspecified atom stereocenters. The van der Waals surface area contributed by atoms with Crippen LogP contribution in [0, 0.1) is 5.92 Å². The molecule has 0 atom stereocenters. The van der Waals surface area contributed by atoms with Gasteiger partial charge in [0.05, 0.1) is 25.7 Å². The summed E-state index contributed by atoms with van der Waals surface area (Å²) in [5, 5.41) is 0.732. The van der Waals surface area contributed by atoms with Crippen LogP contribution in [0.5, 0.6) is 0 Å². The van der Waals surface area contributed by atoms with Gasteiger partial charge in [-0.2, -0.15) is 0 Å². The minimum absolute atomic E-state index is 0.0519. The van der Waals surface area contributed by atoms with Gasteiger partial charge in [-0.25, -0.2) is 0 Å². The van der Waals surface area contributed by atoms with Crippen molar-refractivity contribution < 1.29 is 14.3 Å². The van der Waals surface area contributed by atoms with Crippen molar-refractivity contribution in [3.05, 3.63) is 34.9 Å². The molecule has 1 saturated carbocycles. The molecule has 1 aromatic rings. The van der Waals surface area contributed by atoms with Gasteiger partial charge in [-0.05, 0) is 43.4 Å². The molecule has 0 heterocycles. The monoisotopic (exact) mass is 282 g/mol. The molecule has 0 radical (unpaired) electrons. The van der Waals surface area contributed by atoms with Gasteiger partial charge in [0.2, 0.25) is 0 Å². The second-order valence-electron chi connectivity index (χ2n) is 4.94. The zero-order chi connectivity index (χ0) is 13.7. The normalized spacial score (nSPS) is 23.1. The summed E-state index contributed by atoms with van der Waals surface area (Å²) in [4.78, 5) is 11.4. The van der Waals surface area contributed by atoms with E-state index < -0.39 is 0 Å². The van der Waals surface area contributed by atoms with Crippen molar-refractivity contribution in [1.82, 2.24) is 0 Å². The molecular formula is C15H19ClO3. The van der Waals surface area contributed by atoms with Crippen molar-refractivity contribution >= 4 is 17.6 Å². The third-order valence-electron chi connectivity index (χ3n) is 3.58. The Hall–Kier alpha value is -1.06. The van der Waals surface area contributed by atoms with Crippen molar-refractivity contribution in [3.8, 4) is 0 Å². The first kappa shape index (κ1) is 14.4. The average molecular weight is 283 g/mol. The standard InChI is InChI=1S/C15H19ClO3/c1-18-15(17)12-5-7-14(8-6-12)19-10-11-3-2-4-13(16)9-11/h2-4,9,12,14H,5-8,10H2,1H3. The van der Waals surface area contributed by atoms with Gasteiger partial charge in [0.1, 0.15) is 0 Å². The van der Waals surface area contributed by atoms with Crippen molar-refractivity contribution in [3.63, 3.8) is 0 Å². The molecule has 0 aliphatic heterocycles. The van der Waals surface area contributed by atoms with E-state index in [0.29, 0.717) is 6.61 Å². The van der Waals surface area contributed by atoms with E-state index in [0.717, 1.165) is 36.3 Å². The zero-order valence-electron chi connectivity index (χ0n) is 11.1. The Morgan fingerprint density at radius 3 is 2.68 bits per heavy atom. The zero-order valence-corrected chi connectivity index (χ0v) is 11.9. The predicted molar refractivity (Wildman–Crippen MR) is 74.0 cm³/mol. The van der Waals surface area contributed by atoms with Crippen LogP contribution in [0.25, 0.3) is 0 Å². The molecule has 0 spiro atoms. The van der Waals surface area contributed by atoms with Crippen molar-refractivity contribution in [1.29, 1.82) is 0 Å². The van der Waals surface area contributed by atoms with E-state index in [1.165, 1.54) is 7.11 Å². The molecule has 104 valence electrons. The molecule has 0 aromatic heterocycles. The maximum atomic E-state index is 11.4. The molecule has 1 fully saturated rings. The highest BCUT2D eigenvalue weighted by Crippen LogP contribution is 2.27. The van der Waals surface area contributed by atoms with Gasteiger partial charge in [0.15, 0.2) is 0 Å². The van der Waals surface area contributed by atoms with Crippen LogP contribution in [0.4, 0.5) is 0 Å². The average Bonchev–Trinajstić information content (AvgIpc) is 2.45. The molecule has 2 rings (SSSR count). The Balaban J connectivity index is 1.75. The third-order valence-corrected chi connectivity index (χ3v) is 3.82. The van der Waals surface area contributed by atoms with E-state index in [9.17, 15) is 4.79 Å². The Bertz CT molecular complexity index is 425. The molecule has 0 amide bonds. The summed E-state index contributed by atoms with van der Waals surface area (Å²) in [5.74, 6) is -0.0377. The Morgan fingerprint density at radius 1 is 1.32 bits per heavy atom. The molecule has 1 aliphatic rings. The highest BCUT2D eigenvalue weighted by atomic mass is 35.5. The maximum Gasteiger partial charge on any atom is 0.308 e. The van der Waals surface area contributed by atoms with E-state index in [1.54, 1.807) is 0 Å². The number of hydrogen-bond donors (Lipinski definition) is 0. The molecule has 1 aliphatic carbocycles. The second kappa shape index (κ2) is 6.92. The first-order valence-electron chi connectivity index (χ1n) is 6.63. The summed E-state index contributed by atoms with van der Waals surface area (Å²) in [6.07, 6.45) is 3.78. The lowest BCUT2D eigenvalue weighted by molar-refractivity contribution is -0.147. The predicted octanol–water partition coefficient (Wildman–Crippen LogP) is 3.59. The Morgan fingerprint density at radius 2 is 2.05 bits per heavy atom. The smallest absolute Gasteiger partial charge is 0.308 e. The maximum absolute atomic E-state index is 11.4. The van der Waals surface area contributed by atoms with E-state index >= 15 is 0 Å². The van der Waals surface area contributed by atoms with Crippen molar-refractivity contribution in [2.45, 2.75) is 38.4 Å². The first-order valence-corrected chi connectivity index (χ1v) is 7.00. The molecule has 19 heavy (non-hydrogen) atoms. The number of methoxy groups -OCH3 is 1. The fourth-order valence-corrected chi connectivity index (χ4v) is 2.69. The van der Waals surface area contributed by atoms with Crippen LogP contribution in [0.1, 0.15) is 31.2 Å². The van der Waals surface area contributed by atoms with Crippen LogP contribution < -0.4 is 0 Å². The summed E-state index contributed by atoms with van der Waals surface area (Å²) in [5.41, 5.74) is 1.09. The Labute approximate surface area is 118 Å². The lowest BCUT2D eigenvalue weighted by atomic mass is 9.87. The van der Waals surface area contributed by atoms with Gasteiger partial charge in [-0.15, -0.1) is 0 Å². The van der Waals surface area contributed by atoms with Crippen molar-refractivity contribution in [2.75, 3.05) is 7.11 Å². The molecular weight excluding hydrogens is 264 g/mol. The number of rotatable bonds is 4. The van der Waals surface area contributed by atoms with Gasteiger partial charge >= 0.3 is 5.97 Å². The lowest BCUT2D eigenvalue weighted by Crippen LogP contribution is -2.26. The van der Waals surface area contributed by atoms with E-state index in [4.69, 9.17) is 21.1 Å². The van der Waals surface area contributed by atoms with Gasteiger partial charge < -0.3 is 9.47 Å². The van der Waals surface area contributed by atoms with Crippen LogP contribution in [0.15, 0.2) is 24.3 Å². The van der Waals surface area contributed by atoms with Crippen LogP contribution in [0.2, 0.25) is 5.02 Å². The fraction of sp³-hybridized carbons (Fsp3) is 0.533. The van der Waals surface area contributed by atoms with E-state index in [2.05, 4.69) is 0 Å². The summed E-state index contributed by atoms with van der Waals surface area (Å²) < 4.78 is 10.6. The quantitative estimate of drug-likeness (QED) is 0.792. The van der Waals surface area contributed by atoms with Gasteiger partial charge in [-0.1, -0.05) is 23.7 Å². The molecule has 1 aromatic carbocycles. The number of esters is 1. The van der Waals surface area contributed by atoms with Crippen LogP contribution >= 0.6 is 11.6 Å². The SMILES string of the molecule is COC(=O)C1CCC(OCc2cccc(Cl)c2)CC1. The summed E-state index contributed by atoms with van der Waals surface area (Å²) in [6.45, 7) is 0.577. The largest absolute Gasteiger partial charge is 0.469 e. The summed E-state index contributed by atoms with van der Waals surface area (Å²) in [6, 6.07) is 7.70. The first-order chi connectivity index (χ1) is 9.19. The van der Waals surface area contributed by atoms with Gasteiger partial charge in [-0.3, -0.25) is 4.79 Å². The molecule has 0 bridgehead atoms. The number of halogens is 1. The number of benzene rings is 1. The number of carbonyl (C=O) groups excluding carboxylic acids is 1. The highest BCUT2D eigenvalue weighted by Gasteiger charge is 2.27. The molecule has 0 N–H and O–H groups in total. The van der Waals surface area contributed by atoms with Crippen LogP contribution in [-0.2, 0) is 20.9 Å².